The molecule has 2 aromatic heterocycles. The van der Waals surface area contributed by atoms with Gasteiger partial charge in [-0.2, -0.15) is 13.2 Å². The first kappa shape index (κ1) is 28.6. The lowest BCUT2D eigenvalue weighted by molar-refractivity contribution is -0.140. The number of fused-ring (bicyclic) bond motifs is 1. The first-order valence-corrected chi connectivity index (χ1v) is 13.9. The molecule has 1 aliphatic rings. The molecule has 0 spiro atoms. The Morgan fingerprint density at radius 1 is 1.12 bits per heavy atom. The molecule has 0 aliphatic carbocycles. The van der Waals surface area contributed by atoms with Crippen LogP contribution in [0.3, 0.4) is 0 Å². The molecule has 0 saturated carbocycles. The molecule has 0 atom stereocenters. The number of rotatable bonds is 9. The summed E-state index contributed by atoms with van der Waals surface area (Å²) < 4.78 is 60.9. The van der Waals surface area contributed by atoms with E-state index >= 15 is 0 Å². The van der Waals surface area contributed by atoms with Gasteiger partial charge in [-0.05, 0) is 74.0 Å². The Balaban J connectivity index is 1.31. The molecule has 2 aromatic carbocycles. The van der Waals surface area contributed by atoms with Crippen molar-refractivity contribution in [3.8, 4) is 17.6 Å². The van der Waals surface area contributed by atoms with Crippen molar-refractivity contribution in [2.24, 2.45) is 0 Å². The number of hydrogen-bond acceptors (Lipinski definition) is 8. The summed E-state index contributed by atoms with van der Waals surface area (Å²) in [7, 11) is 1.57. The normalized spacial score (nSPS) is 14.0. The molecular weight excluding hydrogens is 555 g/mol. The summed E-state index contributed by atoms with van der Waals surface area (Å²) >= 11 is 1.36. The van der Waals surface area contributed by atoms with Crippen LogP contribution in [-0.2, 0) is 11.3 Å². The number of aromatic nitrogens is 2. The van der Waals surface area contributed by atoms with Crippen LogP contribution in [-0.4, -0.2) is 48.8 Å². The second-order valence-corrected chi connectivity index (χ2v) is 10.4. The van der Waals surface area contributed by atoms with Gasteiger partial charge in [0.25, 0.3) is 0 Å². The molecule has 3 heterocycles. The molecule has 12 heteroatoms. The Bertz CT molecular complexity index is 1550. The van der Waals surface area contributed by atoms with E-state index in [-0.39, 0.29) is 12.6 Å². The van der Waals surface area contributed by atoms with E-state index in [9.17, 15) is 13.2 Å². The predicted octanol–water partition coefficient (Wildman–Crippen LogP) is 6.68. The average Bonchev–Trinajstić information content (AvgIpc) is 3.53. The Morgan fingerprint density at radius 2 is 1.95 bits per heavy atom. The molecule has 216 valence electrons. The SMILES string of the molecule is COc1cc(SNc2cc(C)on2)ccc1NCC#Cc1cc2c(NC3CCOCC3)cccc2n1CC(F)(F)F. The smallest absolute Gasteiger partial charge is 0.406 e. The van der Waals surface area contributed by atoms with E-state index in [1.807, 2.05) is 31.2 Å². The van der Waals surface area contributed by atoms with E-state index in [0.29, 0.717) is 52.8 Å². The standard InChI is InChI=1S/C29H30F3N5O3S/c1-19-15-28(35-40-19)36-41-22-8-9-25(27(17-22)38-2)33-12-4-5-21-16-23-24(34-20-10-13-39-14-11-20)6-3-7-26(23)37(21)18-29(30,31)32/h3,6-9,15-17,20,33-34H,10-14,18H2,1-2H3,(H,35,36). The van der Waals surface area contributed by atoms with Crippen LogP contribution in [0.25, 0.3) is 10.9 Å². The van der Waals surface area contributed by atoms with Crippen LogP contribution in [0.2, 0.25) is 0 Å². The molecule has 0 radical (unpaired) electrons. The van der Waals surface area contributed by atoms with Crippen LogP contribution in [0, 0.1) is 18.8 Å². The van der Waals surface area contributed by atoms with E-state index in [4.69, 9.17) is 14.0 Å². The lowest BCUT2D eigenvalue weighted by Crippen LogP contribution is -2.27. The molecule has 0 unspecified atom stereocenters. The Kier molecular flexibility index (Phi) is 8.85. The average molecular weight is 586 g/mol. The molecule has 3 N–H and O–H groups in total. The van der Waals surface area contributed by atoms with Gasteiger partial charge in [0.1, 0.15) is 18.1 Å². The minimum atomic E-state index is -4.39. The van der Waals surface area contributed by atoms with E-state index in [0.717, 1.165) is 23.4 Å². The Labute approximate surface area is 240 Å². The van der Waals surface area contributed by atoms with Crippen molar-refractivity contribution in [1.82, 2.24) is 9.72 Å². The molecule has 4 aromatic rings. The zero-order valence-electron chi connectivity index (χ0n) is 22.6. The maximum Gasteiger partial charge on any atom is 0.406 e. The highest BCUT2D eigenvalue weighted by atomic mass is 32.2. The maximum atomic E-state index is 13.5. The fourth-order valence-electron chi connectivity index (χ4n) is 4.61. The lowest BCUT2D eigenvalue weighted by atomic mass is 10.1. The third-order valence-corrected chi connectivity index (χ3v) is 7.32. The topological polar surface area (TPSA) is 85.5 Å². The van der Waals surface area contributed by atoms with E-state index in [1.54, 1.807) is 31.4 Å². The Morgan fingerprint density at radius 3 is 2.68 bits per heavy atom. The number of methoxy groups -OCH3 is 1. The van der Waals surface area contributed by atoms with Crippen molar-refractivity contribution >= 4 is 40.0 Å². The predicted molar refractivity (Wildman–Crippen MR) is 155 cm³/mol. The number of hydrogen-bond donors (Lipinski definition) is 3. The molecule has 1 saturated heterocycles. The molecule has 0 amide bonds. The Hall–Kier alpha value is -3.95. The largest absolute Gasteiger partial charge is 0.495 e. The van der Waals surface area contributed by atoms with E-state index in [1.165, 1.54) is 16.5 Å². The van der Waals surface area contributed by atoms with E-state index in [2.05, 4.69) is 32.4 Å². The number of alkyl halides is 3. The molecule has 41 heavy (non-hydrogen) atoms. The molecular formula is C29H30F3N5O3S. The first-order chi connectivity index (χ1) is 19.8. The van der Waals surface area contributed by atoms with Gasteiger partial charge in [-0.1, -0.05) is 17.1 Å². The number of nitrogens with one attached hydrogen (secondary N) is 3. The number of benzene rings is 2. The van der Waals surface area contributed by atoms with Crippen LogP contribution >= 0.6 is 11.9 Å². The summed E-state index contributed by atoms with van der Waals surface area (Å²) in [6.07, 6.45) is -2.70. The fraction of sp³-hybridized carbons (Fsp3) is 0.345. The van der Waals surface area contributed by atoms with Crippen LogP contribution in [0.1, 0.15) is 24.3 Å². The molecule has 8 nitrogen and oxygen atoms in total. The van der Waals surface area contributed by atoms with Crippen LogP contribution in [0.15, 0.2) is 57.9 Å². The number of nitrogens with zero attached hydrogens (tertiary/aromatic N) is 2. The monoisotopic (exact) mass is 585 g/mol. The maximum absolute atomic E-state index is 13.5. The molecule has 1 aliphatic heterocycles. The van der Waals surface area contributed by atoms with Crippen LogP contribution in [0.4, 0.5) is 30.4 Å². The molecule has 5 rings (SSSR count). The van der Waals surface area contributed by atoms with Gasteiger partial charge in [-0.15, -0.1) is 0 Å². The second kappa shape index (κ2) is 12.7. The summed E-state index contributed by atoms with van der Waals surface area (Å²) in [6, 6.07) is 14.7. The van der Waals surface area contributed by atoms with Gasteiger partial charge in [0.2, 0.25) is 0 Å². The van der Waals surface area contributed by atoms with E-state index < -0.39 is 12.7 Å². The quantitative estimate of drug-likeness (QED) is 0.148. The number of halogens is 3. The second-order valence-electron chi connectivity index (χ2n) is 9.54. The third kappa shape index (κ3) is 7.42. The van der Waals surface area contributed by atoms with Crippen molar-refractivity contribution in [2.75, 3.05) is 42.2 Å². The van der Waals surface area contributed by atoms with Gasteiger partial charge in [0, 0.05) is 41.3 Å². The van der Waals surface area contributed by atoms with Gasteiger partial charge < -0.3 is 33.9 Å². The molecule has 0 bridgehead atoms. The lowest BCUT2D eigenvalue weighted by Gasteiger charge is -2.24. The number of ether oxygens (including phenoxy) is 2. The van der Waals surface area contributed by atoms with Crippen molar-refractivity contribution < 1.29 is 27.2 Å². The van der Waals surface area contributed by atoms with Gasteiger partial charge >= 0.3 is 6.18 Å². The fourth-order valence-corrected chi connectivity index (χ4v) is 5.23. The third-order valence-electron chi connectivity index (χ3n) is 6.52. The molecule has 1 fully saturated rings. The van der Waals surface area contributed by atoms with Crippen LogP contribution < -0.4 is 20.1 Å². The summed E-state index contributed by atoms with van der Waals surface area (Å²) in [5, 5.41) is 11.3. The summed E-state index contributed by atoms with van der Waals surface area (Å²) in [5.41, 5.74) is 2.30. The van der Waals surface area contributed by atoms with Crippen molar-refractivity contribution in [2.45, 2.75) is 43.4 Å². The van der Waals surface area contributed by atoms with Gasteiger partial charge in [0.05, 0.1) is 30.6 Å². The highest BCUT2D eigenvalue weighted by molar-refractivity contribution is 8.00. The number of anilines is 3. The summed E-state index contributed by atoms with van der Waals surface area (Å²) in [5.74, 6) is 7.84. The van der Waals surface area contributed by atoms with Gasteiger partial charge in [-0.3, -0.25) is 0 Å². The zero-order valence-corrected chi connectivity index (χ0v) is 23.4. The zero-order chi connectivity index (χ0) is 28.8. The minimum absolute atomic E-state index is 0.208. The van der Waals surface area contributed by atoms with Gasteiger partial charge in [-0.25, -0.2) is 0 Å². The van der Waals surface area contributed by atoms with Crippen LogP contribution in [0.5, 0.6) is 5.75 Å². The highest BCUT2D eigenvalue weighted by Gasteiger charge is 2.30. The summed E-state index contributed by atoms with van der Waals surface area (Å²) in [6.45, 7) is 2.23. The van der Waals surface area contributed by atoms with Gasteiger partial charge in [0.15, 0.2) is 5.82 Å². The number of aryl methyl sites for hydroxylation is 1. The van der Waals surface area contributed by atoms with Crippen molar-refractivity contribution in [3.63, 3.8) is 0 Å². The van der Waals surface area contributed by atoms with Crippen molar-refractivity contribution in [1.29, 1.82) is 0 Å². The minimum Gasteiger partial charge on any atom is -0.495 e. The summed E-state index contributed by atoms with van der Waals surface area (Å²) in [4.78, 5) is 0.890. The highest BCUT2D eigenvalue weighted by Crippen LogP contribution is 2.32. The first-order valence-electron chi connectivity index (χ1n) is 13.1. The van der Waals surface area contributed by atoms with Crippen molar-refractivity contribution in [3.05, 3.63) is 60.0 Å².